The smallest absolute Gasteiger partial charge is 0.330 e. The second-order valence-electron chi connectivity index (χ2n) is 5.25. The van der Waals surface area contributed by atoms with Crippen LogP contribution in [-0.4, -0.2) is 26.4 Å². The van der Waals surface area contributed by atoms with Crippen molar-refractivity contribution >= 4 is 30.2 Å². The predicted molar refractivity (Wildman–Crippen MR) is 96.4 cm³/mol. The summed E-state index contributed by atoms with van der Waals surface area (Å²) in [5.41, 5.74) is 0.698. The fourth-order valence-corrected chi connectivity index (χ4v) is 2.18. The lowest BCUT2D eigenvalue weighted by atomic mass is 10.2. The normalized spacial score (nSPS) is 10.5. The van der Waals surface area contributed by atoms with Crippen molar-refractivity contribution < 1.29 is 9.90 Å². The van der Waals surface area contributed by atoms with Gasteiger partial charge in [0.1, 0.15) is 10.5 Å². The highest BCUT2D eigenvalue weighted by Crippen LogP contribution is 2.15. The number of rotatable bonds is 6. The van der Waals surface area contributed by atoms with Crippen LogP contribution in [0.2, 0.25) is 0 Å². The lowest BCUT2D eigenvalue weighted by Gasteiger charge is -2.09. The molecule has 23 heavy (non-hydrogen) atoms. The average Bonchev–Trinajstić information content (AvgIpc) is 2.52. The van der Waals surface area contributed by atoms with Crippen LogP contribution < -0.4 is 5.69 Å². The summed E-state index contributed by atoms with van der Waals surface area (Å²) in [6.07, 6.45) is 6.20. The van der Waals surface area contributed by atoms with Crippen molar-refractivity contribution in [1.82, 2.24) is 9.13 Å². The Labute approximate surface area is 142 Å². The van der Waals surface area contributed by atoms with E-state index in [0.29, 0.717) is 16.9 Å². The Kier molecular flexibility index (Phi) is 10.0. The van der Waals surface area contributed by atoms with Gasteiger partial charge in [-0.05, 0) is 20.3 Å². The molecule has 1 aromatic heterocycles. The number of hydrogen-bond acceptors (Lipinski definition) is 4. The summed E-state index contributed by atoms with van der Waals surface area (Å²) in [5.74, 6) is -0.0493. The van der Waals surface area contributed by atoms with Crippen molar-refractivity contribution in [2.75, 3.05) is 0 Å². The Morgan fingerprint density at radius 3 is 2.35 bits per heavy atom. The molecule has 0 bridgehead atoms. The maximum absolute atomic E-state index is 11.6. The Hall–Kier alpha value is -1.76. The Bertz CT molecular complexity index is 623. The third-order valence-corrected chi connectivity index (χ3v) is 3.93. The molecule has 1 heterocycles. The number of unbranched alkanes of at least 4 members (excludes halogenated alkanes) is 3. The number of aliphatic carboxylic acids is 1. The molecule has 1 rings (SSSR count). The molecule has 0 aliphatic heterocycles. The van der Waals surface area contributed by atoms with Gasteiger partial charge >= 0.3 is 11.7 Å². The van der Waals surface area contributed by atoms with E-state index in [0.717, 1.165) is 24.8 Å². The first-order chi connectivity index (χ1) is 10.8. The number of carbonyl (C=O) groups is 1. The standard InChI is InChI=1S/C9H13N3OS.C7H14O2/c1-5-10-7-6(2)8(14)12(4)9(13)11(7)3;1-2-3-4-5-6-7(8)9/h5H,1-4H3;2-6H2,1H3,(H,8,9)/b10-5-;. The van der Waals surface area contributed by atoms with Gasteiger partial charge in [0.2, 0.25) is 0 Å². The Morgan fingerprint density at radius 2 is 1.87 bits per heavy atom. The number of aliphatic imine (C=N–C) groups is 1. The van der Waals surface area contributed by atoms with Gasteiger partial charge in [0.05, 0.1) is 0 Å². The van der Waals surface area contributed by atoms with Crippen LogP contribution in [0.3, 0.4) is 0 Å². The molecular weight excluding hydrogens is 314 g/mol. The topological polar surface area (TPSA) is 76.6 Å². The number of carboxylic acids is 1. The van der Waals surface area contributed by atoms with Crippen molar-refractivity contribution in [2.45, 2.75) is 52.9 Å². The number of aromatic nitrogens is 2. The number of nitrogens with zero attached hydrogens (tertiary/aromatic N) is 3. The Balaban J connectivity index is 0.000000468. The highest BCUT2D eigenvalue weighted by molar-refractivity contribution is 7.71. The zero-order chi connectivity index (χ0) is 18.0. The van der Waals surface area contributed by atoms with Crippen LogP contribution in [0, 0.1) is 11.6 Å². The van der Waals surface area contributed by atoms with Crippen molar-refractivity contribution in [3.05, 3.63) is 20.7 Å². The molecule has 0 aliphatic rings. The second kappa shape index (κ2) is 10.9. The van der Waals surface area contributed by atoms with Crippen LogP contribution in [0.1, 0.15) is 51.5 Å². The molecule has 6 nitrogen and oxygen atoms in total. The first-order valence-electron chi connectivity index (χ1n) is 7.74. The number of hydrogen-bond donors (Lipinski definition) is 1. The minimum absolute atomic E-state index is 0.152. The van der Waals surface area contributed by atoms with Crippen molar-refractivity contribution in [3.8, 4) is 0 Å². The molecule has 0 saturated heterocycles. The lowest BCUT2D eigenvalue weighted by molar-refractivity contribution is -0.137. The molecule has 0 radical (unpaired) electrons. The van der Waals surface area contributed by atoms with Crippen molar-refractivity contribution in [1.29, 1.82) is 0 Å². The molecule has 0 saturated carbocycles. The van der Waals surface area contributed by atoms with Gasteiger partial charge in [-0.15, -0.1) is 0 Å². The SMILES string of the molecule is C/C=N\c1c(C)c(=S)n(C)c(=O)n1C.CCCCCCC(=O)O. The highest BCUT2D eigenvalue weighted by atomic mass is 32.1. The summed E-state index contributed by atoms with van der Waals surface area (Å²) >= 11 is 5.12. The molecule has 0 atom stereocenters. The average molecular weight is 341 g/mol. The van der Waals surface area contributed by atoms with E-state index in [1.54, 1.807) is 27.2 Å². The monoisotopic (exact) mass is 341 g/mol. The third-order valence-electron chi connectivity index (χ3n) is 3.35. The van der Waals surface area contributed by atoms with Gasteiger partial charge < -0.3 is 5.11 Å². The van der Waals surface area contributed by atoms with Crippen molar-refractivity contribution in [2.24, 2.45) is 19.1 Å². The van der Waals surface area contributed by atoms with E-state index >= 15 is 0 Å². The van der Waals surface area contributed by atoms with Gasteiger partial charge in [0, 0.05) is 32.3 Å². The van der Waals surface area contributed by atoms with Gasteiger partial charge in [-0.3, -0.25) is 13.9 Å². The van der Waals surface area contributed by atoms with E-state index < -0.39 is 5.97 Å². The van der Waals surface area contributed by atoms with E-state index in [1.165, 1.54) is 15.6 Å². The molecule has 0 unspecified atom stereocenters. The highest BCUT2D eigenvalue weighted by Gasteiger charge is 2.07. The zero-order valence-electron chi connectivity index (χ0n) is 14.6. The lowest BCUT2D eigenvalue weighted by Crippen LogP contribution is -2.28. The van der Waals surface area contributed by atoms with Crippen molar-refractivity contribution in [3.63, 3.8) is 0 Å². The summed E-state index contributed by atoms with van der Waals surface area (Å²) in [6, 6.07) is 0. The van der Waals surface area contributed by atoms with Crippen LogP contribution >= 0.6 is 12.2 Å². The summed E-state index contributed by atoms with van der Waals surface area (Å²) in [5, 5.41) is 8.21. The quantitative estimate of drug-likeness (QED) is 0.488. The van der Waals surface area contributed by atoms with Crippen LogP contribution in [-0.2, 0) is 18.9 Å². The molecule has 0 spiro atoms. The first kappa shape index (κ1) is 21.2. The van der Waals surface area contributed by atoms with Crippen LogP contribution in [0.15, 0.2) is 9.79 Å². The summed E-state index contributed by atoms with van der Waals surface area (Å²) in [4.78, 5) is 25.7. The summed E-state index contributed by atoms with van der Waals surface area (Å²) in [7, 11) is 3.35. The first-order valence-corrected chi connectivity index (χ1v) is 8.15. The molecule has 1 aromatic rings. The predicted octanol–water partition coefficient (Wildman–Crippen LogP) is 3.53. The largest absolute Gasteiger partial charge is 0.481 e. The maximum atomic E-state index is 11.6. The van der Waals surface area contributed by atoms with E-state index in [-0.39, 0.29) is 5.69 Å². The number of carboxylic acid groups (broad SMARTS) is 1. The summed E-state index contributed by atoms with van der Waals surface area (Å²) < 4.78 is 3.47. The van der Waals surface area contributed by atoms with Gasteiger partial charge in [-0.1, -0.05) is 38.4 Å². The van der Waals surface area contributed by atoms with Gasteiger partial charge in [-0.25, -0.2) is 9.79 Å². The minimum atomic E-state index is -0.675. The van der Waals surface area contributed by atoms with E-state index in [2.05, 4.69) is 11.9 Å². The summed E-state index contributed by atoms with van der Waals surface area (Å²) in [6.45, 7) is 5.78. The second-order valence-corrected chi connectivity index (χ2v) is 5.63. The van der Waals surface area contributed by atoms with Gasteiger partial charge in [-0.2, -0.15) is 0 Å². The molecular formula is C16H27N3O3S. The van der Waals surface area contributed by atoms with Crippen LogP contribution in [0.4, 0.5) is 5.82 Å². The molecule has 7 heteroatoms. The zero-order valence-corrected chi connectivity index (χ0v) is 15.4. The minimum Gasteiger partial charge on any atom is -0.481 e. The molecule has 0 aromatic carbocycles. The molecule has 1 N–H and O–H groups in total. The fraction of sp³-hybridized carbons (Fsp3) is 0.625. The maximum Gasteiger partial charge on any atom is 0.330 e. The van der Waals surface area contributed by atoms with Crippen LogP contribution in [0.25, 0.3) is 0 Å². The van der Waals surface area contributed by atoms with Gasteiger partial charge in [0.25, 0.3) is 0 Å². The van der Waals surface area contributed by atoms with E-state index in [4.69, 9.17) is 17.3 Å². The van der Waals surface area contributed by atoms with E-state index in [9.17, 15) is 9.59 Å². The van der Waals surface area contributed by atoms with Crippen LogP contribution in [0.5, 0.6) is 0 Å². The molecule has 130 valence electrons. The third kappa shape index (κ3) is 6.90. The van der Waals surface area contributed by atoms with Gasteiger partial charge in [0.15, 0.2) is 0 Å². The van der Waals surface area contributed by atoms with E-state index in [1.807, 2.05) is 6.92 Å². The fourth-order valence-electron chi connectivity index (χ4n) is 2.01. The Morgan fingerprint density at radius 1 is 1.26 bits per heavy atom. The molecule has 0 aliphatic carbocycles. The molecule has 0 amide bonds. The molecule has 0 fully saturated rings.